The highest BCUT2D eigenvalue weighted by Crippen LogP contribution is 2.32. The molecule has 0 aliphatic carbocycles. The minimum Gasteiger partial charge on any atom is -0.493 e. The second-order valence-electron chi connectivity index (χ2n) is 4.74. The molecule has 1 amide bonds. The van der Waals surface area contributed by atoms with E-state index in [1.807, 2.05) is 13.8 Å². The number of alkyl halides is 2. The van der Waals surface area contributed by atoms with Crippen molar-refractivity contribution >= 4 is 5.91 Å². The normalized spacial score (nSPS) is 10.9. The second-order valence-corrected chi connectivity index (χ2v) is 4.74. The van der Waals surface area contributed by atoms with Gasteiger partial charge in [0, 0.05) is 13.2 Å². The average Bonchev–Trinajstić information content (AvgIpc) is 2.46. The molecule has 0 unspecified atom stereocenters. The van der Waals surface area contributed by atoms with Crippen LogP contribution >= 0.6 is 0 Å². The lowest BCUT2D eigenvalue weighted by Crippen LogP contribution is -2.26. The Morgan fingerprint density at radius 3 is 2.64 bits per heavy atom. The Bertz CT molecular complexity index is 481. The molecular weight excluding hydrogens is 296 g/mol. The fraction of sp³-hybridized carbons (Fsp3) is 0.533. The Kier molecular flexibility index (Phi) is 7.59. The summed E-state index contributed by atoms with van der Waals surface area (Å²) in [6.45, 7) is 1.68. The van der Waals surface area contributed by atoms with Crippen LogP contribution in [0.3, 0.4) is 0 Å². The largest absolute Gasteiger partial charge is 0.493 e. The molecule has 1 N–H and O–H groups in total. The van der Waals surface area contributed by atoms with Crippen molar-refractivity contribution in [3.05, 3.63) is 23.8 Å². The van der Waals surface area contributed by atoms with Gasteiger partial charge in [0.15, 0.2) is 11.5 Å². The van der Waals surface area contributed by atoms with Gasteiger partial charge in [-0.3, -0.25) is 4.79 Å². The first-order chi connectivity index (χ1) is 10.5. The van der Waals surface area contributed by atoms with Crippen molar-refractivity contribution in [2.45, 2.75) is 33.0 Å². The quantitative estimate of drug-likeness (QED) is 0.712. The Morgan fingerprint density at radius 2 is 2.05 bits per heavy atom. The van der Waals surface area contributed by atoms with Crippen LogP contribution in [0.5, 0.6) is 11.5 Å². The van der Waals surface area contributed by atoms with Crippen LogP contribution in [0.15, 0.2) is 18.2 Å². The first-order valence-electron chi connectivity index (χ1n) is 6.97. The molecule has 0 aliphatic rings. The van der Waals surface area contributed by atoms with E-state index in [1.165, 1.54) is 25.3 Å². The molecular formula is C15H21F2NO4. The van der Waals surface area contributed by atoms with Crippen LogP contribution in [0, 0.1) is 0 Å². The van der Waals surface area contributed by atoms with Crippen LogP contribution in [0.4, 0.5) is 8.78 Å². The van der Waals surface area contributed by atoms with Gasteiger partial charge in [0.05, 0.1) is 18.8 Å². The zero-order valence-electron chi connectivity index (χ0n) is 12.9. The predicted molar refractivity (Wildman–Crippen MR) is 77.7 cm³/mol. The number of benzene rings is 1. The summed E-state index contributed by atoms with van der Waals surface area (Å²) in [5, 5.41) is 2.64. The van der Waals surface area contributed by atoms with Gasteiger partial charge in [0.2, 0.25) is 0 Å². The Labute approximate surface area is 128 Å². The zero-order chi connectivity index (χ0) is 16.5. The van der Waals surface area contributed by atoms with Crippen LogP contribution in [0.1, 0.15) is 30.6 Å². The van der Waals surface area contributed by atoms with E-state index in [-0.39, 0.29) is 23.2 Å². The van der Waals surface area contributed by atoms with Gasteiger partial charge in [0.1, 0.15) is 0 Å². The molecule has 1 aromatic rings. The molecule has 0 radical (unpaired) electrons. The van der Waals surface area contributed by atoms with Crippen molar-refractivity contribution in [3.63, 3.8) is 0 Å². The monoisotopic (exact) mass is 317 g/mol. The van der Waals surface area contributed by atoms with E-state index in [0.717, 1.165) is 0 Å². The number of amides is 1. The lowest BCUT2D eigenvalue weighted by molar-refractivity contribution is -0.0515. The zero-order valence-corrected chi connectivity index (χ0v) is 12.9. The molecule has 124 valence electrons. The third-order valence-corrected chi connectivity index (χ3v) is 2.71. The maximum Gasteiger partial charge on any atom is 0.387 e. The maximum atomic E-state index is 12.5. The van der Waals surface area contributed by atoms with Gasteiger partial charge in [-0.25, -0.2) is 0 Å². The minimum atomic E-state index is -3.04. The number of carbonyl (C=O) groups excluding carboxylic acids is 1. The summed E-state index contributed by atoms with van der Waals surface area (Å²) in [7, 11) is 1.32. The predicted octanol–water partition coefficient (Wildman–Crippen LogP) is 2.84. The second kappa shape index (κ2) is 9.19. The van der Waals surface area contributed by atoms with Crippen molar-refractivity contribution in [3.8, 4) is 11.5 Å². The van der Waals surface area contributed by atoms with Crippen molar-refractivity contribution in [2.75, 3.05) is 20.3 Å². The van der Waals surface area contributed by atoms with Crippen LogP contribution in [-0.2, 0) is 4.74 Å². The van der Waals surface area contributed by atoms with Gasteiger partial charge in [-0.1, -0.05) is 6.07 Å². The summed E-state index contributed by atoms with van der Waals surface area (Å²) in [6.07, 6.45) is 0.749. The third-order valence-electron chi connectivity index (χ3n) is 2.71. The van der Waals surface area contributed by atoms with E-state index < -0.39 is 12.5 Å². The van der Waals surface area contributed by atoms with E-state index in [2.05, 4.69) is 10.1 Å². The van der Waals surface area contributed by atoms with E-state index in [4.69, 9.17) is 9.47 Å². The molecule has 1 aromatic carbocycles. The molecule has 1 rings (SSSR count). The van der Waals surface area contributed by atoms with Gasteiger partial charge in [0.25, 0.3) is 5.91 Å². The van der Waals surface area contributed by atoms with Gasteiger partial charge < -0.3 is 19.5 Å². The number of nitrogens with one attached hydrogen (secondary N) is 1. The molecule has 0 saturated carbocycles. The number of para-hydroxylation sites is 1. The molecule has 22 heavy (non-hydrogen) atoms. The summed E-state index contributed by atoms with van der Waals surface area (Å²) in [5.41, 5.74) is 0.00410. The summed E-state index contributed by atoms with van der Waals surface area (Å²) >= 11 is 0. The van der Waals surface area contributed by atoms with Gasteiger partial charge in [-0.05, 0) is 32.4 Å². The lowest BCUT2D eigenvalue weighted by Gasteiger charge is -2.14. The Hall–Kier alpha value is -1.89. The summed E-state index contributed by atoms with van der Waals surface area (Å²) < 4.78 is 39.7. The first kappa shape index (κ1) is 18.2. The molecule has 0 spiro atoms. The fourth-order valence-corrected chi connectivity index (χ4v) is 1.75. The van der Waals surface area contributed by atoms with E-state index >= 15 is 0 Å². The van der Waals surface area contributed by atoms with Crippen molar-refractivity contribution in [1.29, 1.82) is 0 Å². The van der Waals surface area contributed by atoms with E-state index in [1.54, 1.807) is 0 Å². The van der Waals surface area contributed by atoms with Crippen LogP contribution in [0.25, 0.3) is 0 Å². The van der Waals surface area contributed by atoms with Crippen molar-refractivity contribution in [1.82, 2.24) is 5.32 Å². The fourth-order valence-electron chi connectivity index (χ4n) is 1.75. The molecule has 0 bridgehead atoms. The molecule has 0 heterocycles. The molecule has 7 heteroatoms. The summed E-state index contributed by atoms with van der Waals surface area (Å²) in [5.74, 6) is -0.689. The number of rotatable bonds is 9. The SMILES string of the molecule is COc1cccc(C(=O)NCCCOC(C)C)c1OC(F)F. The number of hydrogen-bond acceptors (Lipinski definition) is 4. The molecule has 0 saturated heterocycles. The highest BCUT2D eigenvalue weighted by atomic mass is 19.3. The molecule has 0 fully saturated rings. The first-order valence-corrected chi connectivity index (χ1v) is 6.97. The smallest absolute Gasteiger partial charge is 0.387 e. The highest BCUT2D eigenvalue weighted by molar-refractivity contribution is 5.97. The van der Waals surface area contributed by atoms with Crippen LogP contribution < -0.4 is 14.8 Å². The maximum absolute atomic E-state index is 12.5. The standard InChI is InChI=1S/C15H21F2NO4/c1-10(2)21-9-5-8-18-14(19)11-6-4-7-12(20-3)13(11)22-15(16)17/h4,6-7,10,15H,5,8-9H2,1-3H3,(H,18,19). The van der Waals surface area contributed by atoms with Crippen molar-refractivity contribution in [2.24, 2.45) is 0 Å². The van der Waals surface area contributed by atoms with E-state index in [9.17, 15) is 13.6 Å². The van der Waals surface area contributed by atoms with Crippen LogP contribution in [0.2, 0.25) is 0 Å². The number of carbonyl (C=O) groups is 1. The van der Waals surface area contributed by atoms with Gasteiger partial charge in [-0.15, -0.1) is 0 Å². The highest BCUT2D eigenvalue weighted by Gasteiger charge is 2.19. The topological polar surface area (TPSA) is 56.8 Å². The van der Waals surface area contributed by atoms with Gasteiger partial charge in [-0.2, -0.15) is 8.78 Å². The molecule has 0 aliphatic heterocycles. The summed E-state index contributed by atoms with van der Waals surface area (Å²) in [4.78, 5) is 12.1. The van der Waals surface area contributed by atoms with Gasteiger partial charge >= 0.3 is 6.61 Å². The molecule has 0 atom stereocenters. The number of methoxy groups -OCH3 is 1. The van der Waals surface area contributed by atoms with E-state index in [0.29, 0.717) is 19.6 Å². The number of halogens is 2. The minimum absolute atomic E-state index is 0.00410. The Balaban J connectivity index is 2.67. The molecule has 0 aromatic heterocycles. The third kappa shape index (κ3) is 5.85. The number of ether oxygens (including phenoxy) is 3. The summed E-state index contributed by atoms with van der Waals surface area (Å²) in [6, 6.07) is 4.39. The van der Waals surface area contributed by atoms with Crippen molar-refractivity contribution < 1.29 is 27.8 Å². The van der Waals surface area contributed by atoms with Crippen LogP contribution in [-0.4, -0.2) is 38.9 Å². The Morgan fingerprint density at radius 1 is 1.32 bits per heavy atom. The lowest BCUT2D eigenvalue weighted by atomic mass is 10.1. The number of hydrogen-bond donors (Lipinski definition) is 1. The average molecular weight is 317 g/mol. The molecule has 5 nitrogen and oxygen atoms in total.